The van der Waals surface area contributed by atoms with Gasteiger partial charge in [-0.1, -0.05) is 0 Å². The molecule has 35 heavy (non-hydrogen) atoms. The van der Waals surface area contributed by atoms with Crippen molar-refractivity contribution in [2.24, 2.45) is 5.73 Å². The van der Waals surface area contributed by atoms with Gasteiger partial charge in [0.25, 0.3) is 11.5 Å². The highest BCUT2D eigenvalue weighted by Crippen LogP contribution is 2.32. The number of primary amides is 1. The SMILES string of the molecule is CCN(c1cc(C#N)cc(C(=O)NCc2c(C)cc(C)[nH]c2=O)c1C)C1CCC(OC(N)=O)CC1. The van der Waals surface area contributed by atoms with E-state index < -0.39 is 6.09 Å². The van der Waals surface area contributed by atoms with E-state index in [9.17, 15) is 19.6 Å². The van der Waals surface area contributed by atoms with Gasteiger partial charge in [-0.15, -0.1) is 0 Å². The number of ether oxygens (including phenoxy) is 1. The highest BCUT2D eigenvalue weighted by Gasteiger charge is 2.29. The Morgan fingerprint density at radius 2 is 1.89 bits per heavy atom. The molecule has 0 spiro atoms. The molecule has 1 aromatic heterocycles. The van der Waals surface area contributed by atoms with Crippen LogP contribution in [0.1, 0.15) is 70.9 Å². The third-order valence-corrected chi connectivity index (χ3v) is 6.69. The van der Waals surface area contributed by atoms with E-state index in [-0.39, 0.29) is 30.2 Å². The van der Waals surface area contributed by atoms with Gasteiger partial charge >= 0.3 is 6.09 Å². The summed E-state index contributed by atoms with van der Waals surface area (Å²) in [5.74, 6) is -0.338. The number of aromatic nitrogens is 1. The number of carbonyl (C=O) groups excluding carboxylic acids is 2. The Balaban J connectivity index is 1.84. The van der Waals surface area contributed by atoms with Gasteiger partial charge in [-0.25, -0.2) is 4.79 Å². The lowest BCUT2D eigenvalue weighted by Gasteiger charge is -2.38. The molecule has 1 fully saturated rings. The average Bonchev–Trinajstić information content (AvgIpc) is 2.80. The first-order valence-electron chi connectivity index (χ1n) is 11.9. The molecule has 0 aliphatic heterocycles. The number of H-pyrrole nitrogens is 1. The minimum absolute atomic E-state index is 0.0905. The summed E-state index contributed by atoms with van der Waals surface area (Å²) in [6, 6.07) is 7.62. The Labute approximate surface area is 205 Å². The van der Waals surface area contributed by atoms with Gasteiger partial charge in [0.1, 0.15) is 6.10 Å². The number of nitrogens with two attached hydrogens (primary N) is 1. The van der Waals surface area contributed by atoms with Gasteiger partial charge in [0, 0.05) is 41.6 Å². The van der Waals surface area contributed by atoms with Crippen molar-refractivity contribution in [1.82, 2.24) is 10.3 Å². The number of aromatic amines is 1. The van der Waals surface area contributed by atoms with Crippen molar-refractivity contribution >= 4 is 17.7 Å². The van der Waals surface area contributed by atoms with Gasteiger partial charge in [0.15, 0.2) is 0 Å². The van der Waals surface area contributed by atoms with Crippen LogP contribution < -0.4 is 21.5 Å². The number of anilines is 1. The van der Waals surface area contributed by atoms with Gasteiger partial charge in [0.2, 0.25) is 0 Å². The summed E-state index contributed by atoms with van der Waals surface area (Å²) < 4.78 is 5.16. The summed E-state index contributed by atoms with van der Waals surface area (Å²) in [7, 11) is 0. The summed E-state index contributed by atoms with van der Waals surface area (Å²) in [6.07, 6.45) is 2.09. The van der Waals surface area contributed by atoms with Crippen LogP contribution in [0.3, 0.4) is 0 Å². The molecule has 3 rings (SSSR count). The topological polar surface area (TPSA) is 141 Å². The van der Waals surface area contributed by atoms with Crippen molar-refractivity contribution in [2.45, 2.75) is 72.1 Å². The molecule has 0 radical (unpaired) electrons. The van der Waals surface area contributed by atoms with Crippen molar-refractivity contribution in [3.63, 3.8) is 0 Å². The molecule has 0 bridgehead atoms. The lowest BCUT2D eigenvalue weighted by Crippen LogP contribution is -2.41. The number of hydrogen-bond donors (Lipinski definition) is 3. The van der Waals surface area contributed by atoms with Crippen molar-refractivity contribution in [2.75, 3.05) is 11.4 Å². The van der Waals surface area contributed by atoms with E-state index >= 15 is 0 Å². The van der Waals surface area contributed by atoms with Crippen LogP contribution in [-0.4, -0.2) is 35.7 Å². The monoisotopic (exact) mass is 479 g/mol. The number of benzene rings is 1. The van der Waals surface area contributed by atoms with E-state index in [4.69, 9.17) is 10.5 Å². The predicted octanol–water partition coefficient (Wildman–Crippen LogP) is 3.33. The minimum atomic E-state index is -0.753. The zero-order valence-corrected chi connectivity index (χ0v) is 20.7. The molecular formula is C26H33N5O4. The van der Waals surface area contributed by atoms with Crippen LogP contribution in [0.5, 0.6) is 0 Å². The van der Waals surface area contributed by atoms with Crippen molar-refractivity contribution < 1.29 is 14.3 Å². The molecule has 1 heterocycles. The maximum absolute atomic E-state index is 13.2. The summed E-state index contributed by atoms with van der Waals surface area (Å²) >= 11 is 0. The molecule has 2 aromatic rings. The van der Waals surface area contributed by atoms with E-state index in [0.29, 0.717) is 36.1 Å². The molecule has 9 nitrogen and oxygen atoms in total. The number of hydrogen-bond acceptors (Lipinski definition) is 6. The molecule has 1 aliphatic carbocycles. The van der Waals surface area contributed by atoms with E-state index in [1.807, 2.05) is 39.8 Å². The molecule has 2 amide bonds. The minimum Gasteiger partial charge on any atom is -0.446 e. The number of nitrogens with zero attached hydrogens (tertiary/aromatic N) is 2. The highest BCUT2D eigenvalue weighted by molar-refractivity contribution is 5.97. The maximum atomic E-state index is 13.2. The van der Waals surface area contributed by atoms with Crippen molar-refractivity contribution in [1.29, 1.82) is 5.26 Å². The van der Waals surface area contributed by atoms with Crippen LogP contribution in [0, 0.1) is 32.1 Å². The van der Waals surface area contributed by atoms with Crippen LogP contribution in [0.2, 0.25) is 0 Å². The fraction of sp³-hybridized carbons (Fsp3) is 0.462. The Morgan fingerprint density at radius 1 is 1.20 bits per heavy atom. The smallest absolute Gasteiger partial charge is 0.404 e. The van der Waals surface area contributed by atoms with E-state index in [1.165, 1.54) is 0 Å². The first-order valence-corrected chi connectivity index (χ1v) is 11.9. The first kappa shape index (κ1) is 25.8. The molecular weight excluding hydrogens is 446 g/mol. The predicted molar refractivity (Wildman–Crippen MR) is 133 cm³/mol. The molecule has 1 aromatic carbocycles. The molecule has 1 saturated carbocycles. The number of rotatable bonds is 7. The molecule has 0 atom stereocenters. The largest absolute Gasteiger partial charge is 0.446 e. The number of aryl methyl sites for hydroxylation is 2. The number of amides is 2. The first-order chi connectivity index (χ1) is 16.6. The van der Waals surface area contributed by atoms with Crippen LogP contribution >= 0.6 is 0 Å². The quantitative estimate of drug-likeness (QED) is 0.556. The van der Waals surface area contributed by atoms with Crippen LogP contribution in [0.4, 0.5) is 10.5 Å². The molecule has 0 saturated heterocycles. The maximum Gasteiger partial charge on any atom is 0.404 e. The zero-order chi connectivity index (χ0) is 25.7. The van der Waals surface area contributed by atoms with Crippen molar-refractivity contribution in [3.05, 3.63) is 62.1 Å². The summed E-state index contributed by atoms with van der Waals surface area (Å²) in [5.41, 5.74) is 9.41. The third kappa shape index (κ3) is 6.01. The lowest BCUT2D eigenvalue weighted by molar-refractivity contribution is 0.0784. The molecule has 1 aliphatic rings. The Hall–Kier alpha value is -3.80. The number of pyridine rings is 1. The third-order valence-electron chi connectivity index (χ3n) is 6.69. The fourth-order valence-corrected chi connectivity index (χ4v) is 4.93. The van der Waals surface area contributed by atoms with Crippen molar-refractivity contribution in [3.8, 4) is 6.07 Å². The normalized spacial score (nSPS) is 17.3. The fourth-order valence-electron chi connectivity index (χ4n) is 4.93. The molecule has 9 heteroatoms. The summed E-state index contributed by atoms with van der Waals surface area (Å²) in [6.45, 7) is 8.35. The standard InChI is InChI=1S/C26H33N5O4/c1-5-31(19-6-8-20(9-7-19)35-26(28)34)23-12-18(13-27)11-21(17(23)4)24(32)29-14-22-15(2)10-16(3)30-25(22)33/h10-12,19-20H,5-9,14H2,1-4H3,(H2,28,34)(H,29,32)(H,30,33). The van der Waals surface area contributed by atoms with Crippen LogP contribution in [-0.2, 0) is 11.3 Å². The second kappa shape index (κ2) is 11.1. The van der Waals surface area contributed by atoms with Gasteiger partial charge in [-0.3, -0.25) is 9.59 Å². The van der Waals surface area contributed by atoms with E-state index in [1.54, 1.807) is 6.07 Å². The van der Waals surface area contributed by atoms with E-state index in [0.717, 1.165) is 35.3 Å². The van der Waals surface area contributed by atoms with Gasteiger partial charge < -0.3 is 25.7 Å². The summed E-state index contributed by atoms with van der Waals surface area (Å²) in [4.78, 5) is 41.5. The molecule has 186 valence electrons. The molecule has 0 unspecified atom stereocenters. The van der Waals surface area contributed by atoms with Gasteiger partial charge in [-0.2, -0.15) is 5.26 Å². The Bertz CT molecular complexity index is 1210. The van der Waals surface area contributed by atoms with Crippen LogP contribution in [0.25, 0.3) is 0 Å². The highest BCUT2D eigenvalue weighted by atomic mass is 16.6. The number of carbonyl (C=O) groups is 2. The van der Waals surface area contributed by atoms with Crippen LogP contribution in [0.15, 0.2) is 23.0 Å². The second-order valence-electron chi connectivity index (χ2n) is 9.06. The van der Waals surface area contributed by atoms with E-state index in [2.05, 4.69) is 21.3 Å². The Kier molecular flexibility index (Phi) is 8.18. The molecule has 4 N–H and O–H groups in total. The van der Waals surface area contributed by atoms with Gasteiger partial charge in [0.05, 0.1) is 11.6 Å². The lowest BCUT2D eigenvalue weighted by atomic mass is 9.90. The summed E-state index contributed by atoms with van der Waals surface area (Å²) in [5, 5.41) is 12.5. The number of nitrogens with one attached hydrogen (secondary N) is 2. The Morgan fingerprint density at radius 3 is 2.46 bits per heavy atom. The second-order valence-corrected chi connectivity index (χ2v) is 9.06. The average molecular weight is 480 g/mol. The zero-order valence-electron chi connectivity index (χ0n) is 20.7. The number of nitriles is 1. The van der Waals surface area contributed by atoms with Gasteiger partial charge in [-0.05, 0) is 82.7 Å².